The molecular formula is C15H23NO. The van der Waals surface area contributed by atoms with E-state index in [2.05, 4.69) is 20.8 Å². The van der Waals surface area contributed by atoms with Gasteiger partial charge in [-0.1, -0.05) is 39.0 Å². The van der Waals surface area contributed by atoms with Crippen molar-refractivity contribution in [3.8, 4) is 0 Å². The molecule has 0 aliphatic heterocycles. The van der Waals surface area contributed by atoms with Gasteiger partial charge in [0.1, 0.15) is 0 Å². The molecule has 1 aromatic rings. The van der Waals surface area contributed by atoms with Gasteiger partial charge in [0, 0.05) is 18.7 Å². The summed E-state index contributed by atoms with van der Waals surface area (Å²) in [4.78, 5) is 14.1. The van der Waals surface area contributed by atoms with Crippen molar-refractivity contribution in [2.24, 2.45) is 5.41 Å². The van der Waals surface area contributed by atoms with Crippen LogP contribution >= 0.6 is 0 Å². The first-order chi connectivity index (χ1) is 7.85. The lowest BCUT2D eigenvalue weighted by molar-refractivity contribution is -0.120. The fourth-order valence-electron chi connectivity index (χ4n) is 1.90. The minimum Gasteiger partial charge on any atom is -0.312 e. The lowest BCUT2D eigenvalue weighted by Crippen LogP contribution is -2.33. The van der Waals surface area contributed by atoms with Gasteiger partial charge in [-0.05, 0) is 30.9 Å². The van der Waals surface area contributed by atoms with E-state index >= 15 is 0 Å². The van der Waals surface area contributed by atoms with Gasteiger partial charge in [-0.3, -0.25) is 4.79 Å². The van der Waals surface area contributed by atoms with Crippen LogP contribution in [0, 0.1) is 12.3 Å². The molecule has 17 heavy (non-hydrogen) atoms. The van der Waals surface area contributed by atoms with Gasteiger partial charge in [0.05, 0.1) is 0 Å². The number of nitrogens with zero attached hydrogens (tertiary/aromatic N) is 1. The van der Waals surface area contributed by atoms with Crippen LogP contribution in [0.15, 0.2) is 24.3 Å². The second-order valence-corrected chi connectivity index (χ2v) is 5.66. The number of rotatable bonds is 3. The Morgan fingerprint density at radius 3 is 2.29 bits per heavy atom. The Morgan fingerprint density at radius 2 is 1.82 bits per heavy atom. The van der Waals surface area contributed by atoms with Crippen LogP contribution < -0.4 is 4.90 Å². The van der Waals surface area contributed by atoms with E-state index in [9.17, 15) is 4.79 Å². The molecule has 2 heteroatoms. The summed E-state index contributed by atoms with van der Waals surface area (Å²) in [5.74, 6) is 0.203. The van der Waals surface area contributed by atoms with Gasteiger partial charge in [-0.15, -0.1) is 0 Å². The number of carbonyl (C=O) groups is 1. The number of anilines is 1. The topological polar surface area (TPSA) is 20.3 Å². The van der Waals surface area contributed by atoms with Crippen LogP contribution in [0.4, 0.5) is 5.69 Å². The summed E-state index contributed by atoms with van der Waals surface area (Å²) in [5.41, 5.74) is 2.22. The lowest BCUT2D eigenvalue weighted by Gasteiger charge is -2.26. The van der Waals surface area contributed by atoms with Gasteiger partial charge in [-0.2, -0.15) is 0 Å². The number of amides is 1. The number of para-hydroxylation sites is 1. The van der Waals surface area contributed by atoms with E-state index in [0.717, 1.165) is 17.8 Å². The van der Waals surface area contributed by atoms with Gasteiger partial charge in [0.2, 0.25) is 5.91 Å². The van der Waals surface area contributed by atoms with Crippen LogP contribution in [-0.2, 0) is 4.79 Å². The molecule has 0 aromatic heterocycles. The SMILES string of the molecule is CCN(C(=O)CC(C)(C)C)c1ccccc1C. The molecule has 2 nitrogen and oxygen atoms in total. The Hall–Kier alpha value is -1.31. The Bertz CT molecular complexity index is 390. The third-order valence-corrected chi connectivity index (χ3v) is 2.71. The zero-order chi connectivity index (χ0) is 13.1. The number of carbonyl (C=O) groups excluding carboxylic acids is 1. The van der Waals surface area contributed by atoms with Crippen LogP contribution in [0.1, 0.15) is 39.7 Å². The number of hydrogen-bond acceptors (Lipinski definition) is 1. The number of hydrogen-bond donors (Lipinski definition) is 0. The smallest absolute Gasteiger partial charge is 0.227 e. The molecule has 1 aromatic carbocycles. The Labute approximate surface area is 105 Å². The second-order valence-electron chi connectivity index (χ2n) is 5.66. The summed E-state index contributed by atoms with van der Waals surface area (Å²) >= 11 is 0. The molecule has 1 rings (SSSR count). The molecule has 0 bridgehead atoms. The highest BCUT2D eigenvalue weighted by Gasteiger charge is 2.21. The first-order valence-corrected chi connectivity index (χ1v) is 6.21. The Morgan fingerprint density at radius 1 is 1.24 bits per heavy atom. The molecule has 0 saturated heterocycles. The average molecular weight is 233 g/mol. The predicted molar refractivity (Wildman–Crippen MR) is 73.3 cm³/mol. The largest absolute Gasteiger partial charge is 0.312 e. The Kier molecular flexibility index (Phi) is 4.33. The summed E-state index contributed by atoms with van der Waals surface area (Å²) < 4.78 is 0. The van der Waals surface area contributed by atoms with E-state index in [4.69, 9.17) is 0 Å². The molecule has 1 amide bonds. The fourth-order valence-corrected chi connectivity index (χ4v) is 1.90. The molecule has 0 atom stereocenters. The summed E-state index contributed by atoms with van der Waals surface area (Å²) in [7, 11) is 0. The zero-order valence-corrected chi connectivity index (χ0v) is 11.6. The zero-order valence-electron chi connectivity index (χ0n) is 11.6. The second kappa shape index (κ2) is 5.35. The van der Waals surface area contributed by atoms with Crippen LogP contribution in [0.5, 0.6) is 0 Å². The monoisotopic (exact) mass is 233 g/mol. The van der Waals surface area contributed by atoms with E-state index in [1.807, 2.05) is 43.0 Å². The van der Waals surface area contributed by atoms with Crippen molar-refractivity contribution in [2.45, 2.75) is 41.0 Å². The van der Waals surface area contributed by atoms with Crippen molar-refractivity contribution >= 4 is 11.6 Å². The maximum absolute atomic E-state index is 12.3. The predicted octanol–water partition coefficient (Wildman–Crippen LogP) is 3.78. The van der Waals surface area contributed by atoms with Crippen molar-refractivity contribution in [3.63, 3.8) is 0 Å². The molecule has 0 heterocycles. The van der Waals surface area contributed by atoms with Crippen LogP contribution in [0.2, 0.25) is 0 Å². The first kappa shape index (κ1) is 13.8. The van der Waals surface area contributed by atoms with Gasteiger partial charge in [0.15, 0.2) is 0 Å². The molecule has 0 aliphatic carbocycles. The van der Waals surface area contributed by atoms with E-state index in [1.165, 1.54) is 0 Å². The molecule has 0 aliphatic rings. The average Bonchev–Trinajstić information content (AvgIpc) is 2.19. The highest BCUT2D eigenvalue weighted by atomic mass is 16.2. The third kappa shape index (κ3) is 3.88. The van der Waals surface area contributed by atoms with Gasteiger partial charge in [0.25, 0.3) is 0 Å². The highest BCUT2D eigenvalue weighted by Crippen LogP contribution is 2.24. The van der Waals surface area contributed by atoms with Crippen molar-refractivity contribution in [1.29, 1.82) is 0 Å². The molecule has 0 radical (unpaired) electrons. The summed E-state index contributed by atoms with van der Waals surface area (Å²) in [5, 5.41) is 0. The molecule has 0 N–H and O–H groups in total. The maximum Gasteiger partial charge on any atom is 0.227 e. The normalized spacial score (nSPS) is 11.4. The molecule has 0 spiro atoms. The molecule has 94 valence electrons. The van der Waals surface area contributed by atoms with Crippen molar-refractivity contribution in [3.05, 3.63) is 29.8 Å². The number of benzene rings is 1. The Balaban J connectivity index is 2.93. The van der Waals surface area contributed by atoms with E-state index in [0.29, 0.717) is 6.42 Å². The lowest BCUT2D eigenvalue weighted by atomic mass is 9.91. The van der Waals surface area contributed by atoms with Crippen LogP contribution in [0.25, 0.3) is 0 Å². The minimum absolute atomic E-state index is 0.0349. The van der Waals surface area contributed by atoms with E-state index in [1.54, 1.807) is 0 Å². The van der Waals surface area contributed by atoms with Crippen LogP contribution in [-0.4, -0.2) is 12.5 Å². The molecule has 0 unspecified atom stereocenters. The number of aryl methyl sites for hydroxylation is 1. The maximum atomic E-state index is 12.3. The van der Waals surface area contributed by atoms with Crippen molar-refractivity contribution in [2.75, 3.05) is 11.4 Å². The molecular weight excluding hydrogens is 210 g/mol. The van der Waals surface area contributed by atoms with Gasteiger partial charge >= 0.3 is 0 Å². The fraction of sp³-hybridized carbons (Fsp3) is 0.533. The van der Waals surface area contributed by atoms with E-state index in [-0.39, 0.29) is 11.3 Å². The first-order valence-electron chi connectivity index (χ1n) is 6.21. The van der Waals surface area contributed by atoms with E-state index < -0.39 is 0 Å². The summed E-state index contributed by atoms with van der Waals surface area (Å²) in [6.45, 7) is 11.1. The van der Waals surface area contributed by atoms with Gasteiger partial charge in [-0.25, -0.2) is 0 Å². The van der Waals surface area contributed by atoms with Crippen LogP contribution in [0.3, 0.4) is 0 Å². The van der Waals surface area contributed by atoms with Crippen molar-refractivity contribution < 1.29 is 4.79 Å². The molecule has 0 saturated carbocycles. The van der Waals surface area contributed by atoms with Crippen molar-refractivity contribution in [1.82, 2.24) is 0 Å². The third-order valence-electron chi connectivity index (χ3n) is 2.71. The van der Waals surface area contributed by atoms with Gasteiger partial charge < -0.3 is 4.90 Å². The quantitative estimate of drug-likeness (QED) is 0.778. The molecule has 0 fully saturated rings. The summed E-state index contributed by atoms with van der Waals surface area (Å²) in [6, 6.07) is 8.04. The standard InChI is InChI=1S/C15H23NO/c1-6-16(14(17)11-15(3,4)5)13-10-8-7-9-12(13)2/h7-10H,6,11H2,1-5H3. The minimum atomic E-state index is 0.0349. The summed E-state index contributed by atoms with van der Waals surface area (Å²) in [6.07, 6.45) is 0.579. The highest BCUT2D eigenvalue weighted by molar-refractivity contribution is 5.94.